The van der Waals surface area contributed by atoms with Crippen molar-refractivity contribution in [3.05, 3.63) is 0 Å². The van der Waals surface area contributed by atoms with E-state index in [0.29, 0.717) is 6.42 Å². The Hall–Kier alpha value is -1.04. The maximum absolute atomic E-state index is 8.40. The summed E-state index contributed by atoms with van der Waals surface area (Å²) in [5.41, 5.74) is 1.02. The number of oxime groups is 1. The Kier molecular flexibility index (Phi) is 2.27. The molecular weight excluding hydrogens is 128 g/mol. The summed E-state index contributed by atoms with van der Waals surface area (Å²) in [6.07, 6.45) is 2.41. The molecule has 1 unspecified atom stereocenters. The molecule has 0 fully saturated rings. The lowest BCUT2D eigenvalue weighted by molar-refractivity contribution is 0.125. The van der Waals surface area contributed by atoms with Crippen molar-refractivity contribution < 1.29 is 4.84 Å². The number of nitrogens with zero attached hydrogens (tertiary/aromatic N) is 2. The van der Waals surface area contributed by atoms with Gasteiger partial charge >= 0.3 is 0 Å². The van der Waals surface area contributed by atoms with Gasteiger partial charge in [-0.25, -0.2) is 0 Å². The predicted octanol–water partition coefficient (Wildman–Crippen LogP) is 1.45. The summed E-state index contributed by atoms with van der Waals surface area (Å²) in [6.45, 7) is 2.09. The van der Waals surface area contributed by atoms with Gasteiger partial charge in [-0.05, 0) is 6.42 Å². The van der Waals surface area contributed by atoms with E-state index in [1.807, 2.05) is 6.07 Å². The Morgan fingerprint density at radius 3 is 3.20 bits per heavy atom. The number of hydrogen-bond acceptors (Lipinski definition) is 3. The average molecular weight is 138 g/mol. The van der Waals surface area contributed by atoms with E-state index in [0.717, 1.165) is 18.6 Å². The average Bonchev–Trinajstić information content (AvgIpc) is 2.37. The summed E-state index contributed by atoms with van der Waals surface area (Å²) >= 11 is 0. The van der Waals surface area contributed by atoms with Crippen LogP contribution in [0, 0.1) is 11.3 Å². The van der Waals surface area contributed by atoms with Gasteiger partial charge in [0.2, 0.25) is 6.10 Å². The fraction of sp³-hybridized carbons (Fsp3) is 0.714. The van der Waals surface area contributed by atoms with Crippen LogP contribution in [-0.4, -0.2) is 11.8 Å². The van der Waals surface area contributed by atoms with Gasteiger partial charge in [-0.2, -0.15) is 5.26 Å². The Labute approximate surface area is 60.3 Å². The maximum Gasteiger partial charge on any atom is 0.217 e. The highest BCUT2D eigenvalue weighted by Gasteiger charge is 2.18. The zero-order valence-corrected chi connectivity index (χ0v) is 6.00. The van der Waals surface area contributed by atoms with Crippen molar-refractivity contribution in [2.24, 2.45) is 5.16 Å². The molecule has 0 N–H and O–H groups in total. The van der Waals surface area contributed by atoms with Crippen LogP contribution in [-0.2, 0) is 4.84 Å². The van der Waals surface area contributed by atoms with Crippen molar-refractivity contribution in [1.29, 1.82) is 5.26 Å². The summed E-state index contributed by atoms with van der Waals surface area (Å²) < 4.78 is 0. The van der Waals surface area contributed by atoms with Crippen LogP contribution in [0.25, 0.3) is 0 Å². The third-order valence-corrected chi connectivity index (χ3v) is 1.41. The van der Waals surface area contributed by atoms with Gasteiger partial charge in [0.15, 0.2) is 0 Å². The van der Waals surface area contributed by atoms with E-state index in [-0.39, 0.29) is 6.10 Å². The van der Waals surface area contributed by atoms with Crippen LogP contribution in [0.1, 0.15) is 26.2 Å². The molecule has 0 saturated heterocycles. The summed E-state index contributed by atoms with van der Waals surface area (Å²) in [5, 5.41) is 12.2. The summed E-state index contributed by atoms with van der Waals surface area (Å²) in [5.74, 6) is 0. The SMILES string of the molecule is CCCC1=NOC(C#N)C1. The molecule has 0 aliphatic carbocycles. The molecule has 0 radical (unpaired) electrons. The smallest absolute Gasteiger partial charge is 0.217 e. The van der Waals surface area contributed by atoms with Gasteiger partial charge in [0, 0.05) is 6.42 Å². The normalized spacial score (nSPS) is 23.2. The molecule has 0 aromatic carbocycles. The molecule has 0 saturated carbocycles. The van der Waals surface area contributed by atoms with Crippen LogP contribution in [0.5, 0.6) is 0 Å². The van der Waals surface area contributed by atoms with E-state index in [9.17, 15) is 0 Å². The van der Waals surface area contributed by atoms with E-state index in [4.69, 9.17) is 10.1 Å². The lowest BCUT2D eigenvalue weighted by atomic mass is 10.1. The first-order valence-corrected chi connectivity index (χ1v) is 3.48. The first-order chi connectivity index (χ1) is 4.86. The minimum atomic E-state index is -0.318. The molecule has 1 heterocycles. The summed E-state index contributed by atoms with van der Waals surface area (Å²) in [6, 6.07) is 2.02. The minimum Gasteiger partial charge on any atom is -0.377 e. The fourth-order valence-corrected chi connectivity index (χ4v) is 0.932. The van der Waals surface area contributed by atoms with Crippen molar-refractivity contribution in [3.63, 3.8) is 0 Å². The summed E-state index contributed by atoms with van der Waals surface area (Å²) in [7, 11) is 0. The molecule has 10 heavy (non-hydrogen) atoms. The van der Waals surface area contributed by atoms with E-state index >= 15 is 0 Å². The molecule has 3 heteroatoms. The Balaban J connectivity index is 2.34. The van der Waals surface area contributed by atoms with Crippen molar-refractivity contribution in [2.45, 2.75) is 32.3 Å². The quantitative estimate of drug-likeness (QED) is 0.579. The first kappa shape index (κ1) is 7.07. The molecule has 0 aromatic rings. The van der Waals surface area contributed by atoms with Gasteiger partial charge in [0.1, 0.15) is 6.07 Å². The minimum absolute atomic E-state index is 0.318. The van der Waals surface area contributed by atoms with Crippen molar-refractivity contribution in [2.75, 3.05) is 0 Å². The Morgan fingerprint density at radius 1 is 1.90 bits per heavy atom. The van der Waals surface area contributed by atoms with Crippen LogP contribution in [0.3, 0.4) is 0 Å². The zero-order valence-electron chi connectivity index (χ0n) is 6.00. The monoisotopic (exact) mass is 138 g/mol. The zero-order chi connectivity index (χ0) is 7.40. The fourth-order valence-electron chi connectivity index (χ4n) is 0.932. The lowest BCUT2D eigenvalue weighted by Gasteiger charge is -1.92. The van der Waals surface area contributed by atoms with Gasteiger partial charge in [0.05, 0.1) is 5.71 Å². The highest BCUT2D eigenvalue weighted by molar-refractivity contribution is 5.85. The number of hydrogen-bond donors (Lipinski definition) is 0. The molecule has 0 amide bonds. The van der Waals surface area contributed by atoms with Crippen LogP contribution in [0.2, 0.25) is 0 Å². The molecule has 1 aliphatic heterocycles. The van der Waals surface area contributed by atoms with E-state index in [1.165, 1.54) is 0 Å². The highest BCUT2D eigenvalue weighted by atomic mass is 16.6. The third kappa shape index (κ3) is 1.47. The van der Waals surface area contributed by atoms with Crippen molar-refractivity contribution in [3.8, 4) is 6.07 Å². The molecule has 1 rings (SSSR count). The largest absolute Gasteiger partial charge is 0.377 e. The van der Waals surface area contributed by atoms with Crippen LogP contribution >= 0.6 is 0 Å². The second kappa shape index (κ2) is 3.21. The molecule has 0 spiro atoms. The molecule has 1 aliphatic rings. The van der Waals surface area contributed by atoms with Crippen LogP contribution < -0.4 is 0 Å². The predicted molar refractivity (Wildman–Crippen MR) is 37.4 cm³/mol. The molecule has 0 aromatic heterocycles. The molecule has 0 bridgehead atoms. The van der Waals surface area contributed by atoms with Crippen LogP contribution in [0.15, 0.2) is 5.16 Å². The van der Waals surface area contributed by atoms with Gasteiger partial charge < -0.3 is 4.84 Å². The molecule has 54 valence electrons. The first-order valence-electron chi connectivity index (χ1n) is 3.48. The van der Waals surface area contributed by atoms with Gasteiger partial charge in [-0.1, -0.05) is 18.5 Å². The molecule has 3 nitrogen and oxygen atoms in total. The standard InChI is InChI=1S/C7H10N2O/c1-2-3-6-4-7(5-8)10-9-6/h7H,2-4H2,1H3. The lowest BCUT2D eigenvalue weighted by Crippen LogP contribution is -2.03. The van der Waals surface area contributed by atoms with Gasteiger partial charge in [-0.3, -0.25) is 0 Å². The third-order valence-electron chi connectivity index (χ3n) is 1.41. The second-order valence-corrected chi connectivity index (χ2v) is 2.33. The highest BCUT2D eigenvalue weighted by Crippen LogP contribution is 2.12. The molecule has 1 atom stereocenters. The number of nitriles is 1. The van der Waals surface area contributed by atoms with Crippen LogP contribution in [0.4, 0.5) is 0 Å². The Morgan fingerprint density at radius 2 is 2.70 bits per heavy atom. The summed E-state index contributed by atoms with van der Waals surface area (Å²) in [4.78, 5) is 4.79. The topological polar surface area (TPSA) is 45.4 Å². The van der Waals surface area contributed by atoms with Crippen molar-refractivity contribution in [1.82, 2.24) is 0 Å². The van der Waals surface area contributed by atoms with Crippen molar-refractivity contribution >= 4 is 5.71 Å². The number of rotatable bonds is 2. The second-order valence-electron chi connectivity index (χ2n) is 2.33. The van der Waals surface area contributed by atoms with E-state index < -0.39 is 0 Å². The Bertz CT molecular complexity index is 181. The van der Waals surface area contributed by atoms with E-state index in [2.05, 4.69) is 12.1 Å². The van der Waals surface area contributed by atoms with E-state index in [1.54, 1.807) is 0 Å². The van der Waals surface area contributed by atoms with Gasteiger partial charge in [0.25, 0.3) is 0 Å². The van der Waals surface area contributed by atoms with Gasteiger partial charge in [-0.15, -0.1) is 0 Å². The molecular formula is C7H10N2O. The maximum atomic E-state index is 8.40.